The Hall–Kier alpha value is -0.930. The maximum Gasteiger partial charge on any atom is 0.123 e. The van der Waals surface area contributed by atoms with E-state index in [4.69, 9.17) is 5.73 Å². The van der Waals surface area contributed by atoms with Crippen LogP contribution in [0.25, 0.3) is 0 Å². The fourth-order valence-electron chi connectivity index (χ4n) is 3.25. The van der Waals surface area contributed by atoms with E-state index in [9.17, 15) is 4.39 Å². The summed E-state index contributed by atoms with van der Waals surface area (Å²) in [5.41, 5.74) is 7.00. The number of piperidine rings is 1. The van der Waals surface area contributed by atoms with E-state index < -0.39 is 0 Å². The van der Waals surface area contributed by atoms with Crippen LogP contribution >= 0.6 is 0 Å². The van der Waals surface area contributed by atoms with E-state index in [-0.39, 0.29) is 11.9 Å². The second kappa shape index (κ2) is 7.01. The predicted molar refractivity (Wildman–Crippen MR) is 77.4 cm³/mol. The van der Waals surface area contributed by atoms with Crippen LogP contribution in [0.4, 0.5) is 4.39 Å². The van der Waals surface area contributed by atoms with E-state index in [1.807, 2.05) is 6.07 Å². The van der Waals surface area contributed by atoms with Crippen LogP contribution in [0.1, 0.15) is 50.6 Å². The zero-order valence-electron chi connectivity index (χ0n) is 11.8. The highest BCUT2D eigenvalue weighted by Gasteiger charge is 2.28. The first-order valence-corrected chi connectivity index (χ1v) is 7.47. The van der Waals surface area contributed by atoms with E-state index in [2.05, 4.69) is 11.8 Å². The lowest BCUT2D eigenvalue weighted by molar-refractivity contribution is 0.0911. The Balaban J connectivity index is 2.19. The van der Waals surface area contributed by atoms with Crippen molar-refractivity contribution in [1.82, 2.24) is 4.90 Å². The van der Waals surface area contributed by atoms with Gasteiger partial charge in [-0.2, -0.15) is 0 Å². The zero-order chi connectivity index (χ0) is 13.7. The highest BCUT2D eigenvalue weighted by molar-refractivity contribution is 5.21. The molecule has 19 heavy (non-hydrogen) atoms. The second-order valence-electron chi connectivity index (χ2n) is 5.48. The first-order valence-electron chi connectivity index (χ1n) is 7.47. The smallest absolute Gasteiger partial charge is 0.123 e. The molecule has 0 spiro atoms. The lowest BCUT2D eigenvalue weighted by Gasteiger charge is -2.41. The Morgan fingerprint density at radius 1 is 1.42 bits per heavy atom. The second-order valence-corrected chi connectivity index (χ2v) is 5.48. The summed E-state index contributed by atoms with van der Waals surface area (Å²) in [4.78, 5) is 2.50. The van der Waals surface area contributed by atoms with Crippen molar-refractivity contribution < 1.29 is 4.39 Å². The summed E-state index contributed by atoms with van der Waals surface area (Å²) in [6, 6.07) is 7.68. The Kier molecular flexibility index (Phi) is 5.34. The fraction of sp³-hybridized carbons (Fsp3) is 0.625. The van der Waals surface area contributed by atoms with Crippen molar-refractivity contribution in [2.45, 2.75) is 51.1 Å². The Labute approximate surface area is 115 Å². The molecule has 0 amide bonds. The first kappa shape index (κ1) is 14.5. The number of nitrogens with two attached hydrogens (primary N) is 1. The number of rotatable bonds is 5. The van der Waals surface area contributed by atoms with Gasteiger partial charge in [-0.05, 0) is 43.5 Å². The Morgan fingerprint density at radius 3 is 2.95 bits per heavy atom. The third-order valence-corrected chi connectivity index (χ3v) is 4.15. The number of halogens is 1. The number of hydrogen-bond donors (Lipinski definition) is 1. The van der Waals surface area contributed by atoms with E-state index in [0.717, 1.165) is 12.1 Å². The van der Waals surface area contributed by atoms with Crippen LogP contribution in [0.15, 0.2) is 24.3 Å². The number of benzene rings is 1. The van der Waals surface area contributed by atoms with E-state index in [1.165, 1.54) is 38.2 Å². The minimum absolute atomic E-state index is 0.160. The average molecular weight is 264 g/mol. The van der Waals surface area contributed by atoms with Crippen LogP contribution in [0.3, 0.4) is 0 Å². The molecule has 1 heterocycles. The summed E-state index contributed by atoms with van der Waals surface area (Å²) in [5, 5.41) is 0. The molecule has 0 saturated carbocycles. The molecular weight excluding hydrogens is 239 g/mol. The van der Waals surface area contributed by atoms with Gasteiger partial charge in [-0.25, -0.2) is 4.39 Å². The summed E-state index contributed by atoms with van der Waals surface area (Å²) >= 11 is 0. The fourth-order valence-corrected chi connectivity index (χ4v) is 3.25. The standard InChI is InChI=1S/C16H25FN2/c1-2-6-15-9-3-4-10-19(15)16(12-18)13-7-5-8-14(17)11-13/h5,7-8,11,15-16H,2-4,6,9-10,12,18H2,1H3. The first-order chi connectivity index (χ1) is 9.26. The summed E-state index contributed by atoms with van der Waals surface area (Å²) in [5.74, 6) is -0.167. The van der Waals surface area contributed by atoms with Gasteiger partial charge in [0.1, 0.15) is 5.82 Å². The van der Waals surface area contributed by atoms with Gasteiger partial charge >= 0.3 is 0 Å². The van der Waals surface area contributed by atoms with Gasteiger partial charge in [-0.15, -0.1) is 0 Å². The Morgan fingerprint density at radius 2 is 2.26 bits per heavy atom. The van der Waals surface area contributed by atoms with Crippen LogP contribution in [0, 0.1) is 5.82 Å². The lowest BCUT2D eigenvalue weighted by Crippen LogP contribution is -2.44. The molecule has 2 rings (SSSR count). The van der Waals surface area contributed by atoms with E-state index in [0.29, 0.717) is 12.6 Å². The van der Waals surface area contributed by atoms with E-state index >= 15 is 0 Å². The SMILES string of the molecule is CCCC1CCCCN1C(CN)c1cccc(F)c1. The van der Waals surface area contributed by atoms with E-state index in [1.54, 1.807) is 12.1 Å². The molecule has 1 aromatic rings. The van der Waals surface area contributed by atoms with Crippen molar-refractivity contribution in [1.29, 1.82) is 0 Å². The van der Waals surface area contributed by atoms with Gasteiger partial charge in [-0.3, -0.25) is 4.90 Å². The molecule has 1 aromatic carbocycles. The molecule has 2 unspecified atom stereocenters. The highest BCUT2D eigenvalue weighted by atomic mass is 19.1. The van der Waals surface area contributed by atoms with Crippen LogP contribution in [0.2, 0.25) is 0 Å². The molecule has 0 radical (unpaired) electrons. The Bertz CT molecular complexity index is 392. The van der Waals surface area contributed by atoms with Crippen molar-refractivity contribution in [2.24, 2.45) is 5.73 Å². The molecule has 1 saturated heterocycles. The van der Waals surface area contributed by atoms with Gasteiger partial charge in [0, 0.05) is 18.6 Å². The summed E-state index contributed by atoms with van der Waals surface area (Å²) < 4.78 is 13.4. The summed E-state index contributed by atoms with van der Waals surface area (Å²) in [6.45, 7) is 3.87. The predicted octanol–water partition coefficient (Wildman–Crippen LogP) is 3.48. The normalized spacial score (nSPS) is 22.4. The summed E-state index contributed by atoms with van der Waals surface area (Å²) in [7, 11) is 0. The van der Waals surface area contributed by atoms with Gasteiger partial charge in [0.05, 0.1) is 0 Å². The van der Waals surface area contributed by atoms with Crippen molar-refractivity contribution in [3.63, 3.8) is 0 Å². The molecule has 1 aliphatic heterocycles. The quantitative estimate of drug-likeness (QED) is 0.882. The maximum atomic E-state index is 13.4. The molecule has 1 fully saturated rings. The van der Waals surface area contributed by atoms with Crippen molar-refractivity contribution >= 4 is 0 Å². The molecule has 2 nitrogen and oxygen atoms in total. The molecule has 1 aliphatic rings. The van der Waals surface area contributed by atoms with Gasteiger partial charge < -0.3 is 5.73 Å². The molecule has 0 aromatic heterocycles. The van der Waals surface area contributed by atoms with Gasteiger partial charge in [0.15, 0.2) is 0 Å². The molecule has 3 heteroatoms. The highest BCUT2D eigenvalue weighted by Crippen LogP contribution is 2.30. The molecular formula is C16H25FN2. The minimum Gasteiger partial charge on any atom is -0.329 e. The van der Waals surface area contributed by atoms with Crippen molar-refractivity contribution in [3.05, 3.63) is 35.6 Å². The summed E-state index contributed by atoms with van der Waals surface area (Å²) in [6.07, 6.45) is 6.20. The molecule has 106 valence electrons. The monoisotopic (exact) mass is 264 g/mol. The number of hydrogen-bond acceptors (Lipinski definition) is 2. The van der Waals surface area contributed by atoms with Crippen molar-refractivity contribution in [3.8, 4) is 0 Å². The van der Waals surface area contributed by atoms with Gasteiger partial charge in [0.25, 0.3) is 0 Å². The average Bonchev–Trinajstić information content (AvgIpc) is 2.42. The minimum atomic E-state index is -0.167. The third-order valence-electron chi connectivity index (χ3n) is 4.15. The van der Waals surface area contributed by atoms with Crippen LogP contribution in [0.5, 0.6) is 0 Å². The number of likely N-dealkylation sites (tertiary alicyclic amines) is 1. The topological polar surface area (TPSA) is 29.3 Å². The van der Waals surface area contributed by atoms with Crippen LogP contribution in [-0.2, 0) is 0 Å². The zero-order valence-corrected chi connectivity index (χ0v) is 11.8. The molecule has 2 N–H and O–H groups in total. The van der Waals surface area contributed by atoms with Crippen LogP contribution < -0.4 is 5.73 Å². The molecule has 2 atom stereocenters. The van der Waals surface area contributed by atoms with Gasteiger partial charge in [0.2, 0.25) is 0 Å². The molecule has 0 bridgehead atoms. The van der Waals surface area contributed by atoms with Gasteiger partial charge in [-0.1, -0.05) is 31.9 Å². The number of nitrogens with zero attached hydrogens (tertiary/aromatic N) is 1. The lowest BCUT2D eigenvalue weighted by atomic mass is 9.93. The van der Waals surface area contributed by atoms with Crippen LogP contribution in [-0.4, -0.2) is 24.0 Å². The third kappa shape index (κ3) is 3.54. The largest absolute Gasteiger partial charge is 0.329 e. The van der Waals surface area contributed by atoms with Crippen molar-refractivity contribution in [2.75, 3.05) is 13.1 Å². The maximum absolute atomic E-state index is 13.4. The molecule has 0 aliphatic carbocycles.